The van der Waals surface area contributed by atoms with Gasteiger partial charge in [0.05, 0.1) is 11.0 Å². The minimum atomic E-state index is -0.805. The Kier molecular flexibility index (Phi) is 4.36. The Morgan fingerprint density at radius 2 is 1.56 bits per heavy atom. The summed E-state index contributed by atoms with van der Waals surface area (Å²) in [6.45, 7) is 1.36. The monoisotopic (exact) mass is 356 g/mol. The molecule has 3 heteroatoms. The zero-order valence-corrected chi connectivity index (χ0v) is 15.1. The lowest BCUT2D eigenvalue weighted by Gasteiger charge is -2.28. The number of ketones is 1. The summed E-state index contributed by atoms with van der Waals surface area (Å²) < 4.78 is 5.41. The average Bonchev–Trinajstić information content (AvgIpc) is 2.84. The number of allylic oxidation sites excluding steroid dienone is 5. The minimum absolute atomic E-state index is 0.0195. The average molecular weight is 356 g/mol. The number of carbonyl (C=O) groups is 2. The van der Waals surface area contributed by atoms with Crippen LogP contribution >= 0.6 is 0 Å². The largest absolute Gasteiger partial charge is 0.426 e. The molecule has 0 unspecified atom stereocenters. The van der Waals surface area contributed by atoms with Crippen molar-refractivity contribution in [3.05, 3.63) is 107 Å². The van der Waals surface area contributed by atoms with Crippen LogP contribution in [0.25, 0.3) is 0 Å². The fourth-order valence-corrected chi connectivity index (χ4v) is 4.04. The van der Waals surface area contributed by atoms with Gasteiger partial charge in [0.2, 0.25) is 0 Å². The van der Waals surface area contributed by atoms with Gasteiger partial charge in [-0.2, -0.15) is 0 Å². The van der Waals surface area contributed by atoms with Crippen molar-refractivity contribution in [3.63, 3.8) is 0 Å². The Balaban J connectivity index is 1.98. The van der Waals surface area contributed by atoms with Crippen LogP contribution in [0.15, 0.2) is 95.8 Å². The zero-order valence-electron chi connectivity index (χ0n) is 15.1. The van der Waals surface area contributed by atoms with Gasteiger partial charge in [-0.05, 0) is 35.6 Å². The normalized spacial score (nSPS) is 18.0. The van der Waals surface area contributed by atoms with E-state index in [1.165, 1.54) is 6.92 Å². The summed E-state index contributed by atoms with van der Waals surface area (Å²) in [6, 6.07) is 19.7. The molecule has 0 heterocycles. The van der Waals surface area contributed by atoms with E-state index in [0.29, 0.717) is 24.2 Å². The third kappa shape index (κ3) is 2.85. The Bertz CT molecular complexity index is 939. The molecular formula is C24H20O3. The first-order valence-corrected chi connectivity index (χ1v) is 9.07. The second-order valence-corrected chi connectivity index (χ2v) is 6.84. The van der Waals surface area contributed by atoms with Crippen LogP contribution in [-0.2, 0) is 19.7 Å². The van der Waals surface area contributed by atoms with E-state index in [0.717, 1.165) is 16.7 Å². The molecule has 1 fully saturated rings. The fourth-order valence-electron chi connectivity index (χ4n) is 4.04. The van der Waals surface area contributed by atoms with E-state index in [1.54, 1.807) is 6.08 Å². The van der Waals surface area contributed by atoms with Gasteiger partial charge in [0, 0.05) is 6.92 Å². The van der Waals surface area contributed by atoms with E-state index < -0.39 is 11.4 Å². The van der Waals surface area contributed by atoms with Gasteiger partial charge in [-0.25, -0.2) is 0 Å². The molecule has 0 N–H and O–H groups in total. The zero-order chi connectivity index (χ0) is 18.9. The molecule has 0 amide bonds. The Morgan fingerprint density at radius 3 is 2.11 bits per heavy atom. The van der Waals surface area contributed by atoms with Crippen molar-refractivity contribution in [3.8, 4) is 0 Å². The van der Waals surface area contributed by atoms with Crippen molar-refractivity contribution >= 4 is 11.8 Å². The van der Waals surface area contributed by atoms with E-state index in [-0.39, 0.29) is 5.78 Å². The topological polar surface area (TPSA) is 43.4 Å². The van der Waals surface area contributed by atoms with Gasteiger partial charge >= 0.3 is 5.97 Å². The number of hydrogen-bond donors (Lipinski definition) is 0. The van der Waals surface area contributed by atoms with Crippen molar-refractivity contribution in [2.24, 2.45) is 0 Å². The van der Waals surface area contributed by atoms with E-state index in [4.69, 9.17) is 4.74 Å². The molecule has 0 aromatic heterocycles. The predicted molar refractivity (Wildman–Crippen MR) is 104 cm³/mol. The Hall–Kier alpha value is -3.20. The molecule has 0 atom stereocenters. The fraction of sp³-hybridized carbons (Fsp3) is 0.167. The highest BCUT2D eigenvalue weighted by Gasteiger charge is 2.51. The molecule has 2 aromatic carbocycles. The van der Waals surface area contributed by atoms with Gasteiger partial charge in [0.25, 0.3) is 0 Å². The van der Waals surface area contributed by atoms with Crippen molar-refractivity contribution in [2.75, 3.05) is 0 Å². The van der Waals surface area contributed by atoms with Gasteiger partial charge in [-0.3, -0.25) is 9.59 Å². The molecule has 0 aliphatic heterocycles. The van der Waals surface area contributed by atoms with Crippen molar-refractivity contribution in [1.29, 1.82) is 0 Å². The summed E-state index contributed by atoms with van der Waals surface area (Å²) in [6.07, 6.45) is 6.98. The molecule has 0 bridgehead atoms. The molecule has 2 aromatic rings. The molecule has 134 valence electrons. The number of hydrogen-bond acceptors (Lipinski definition) is 3. The third-order valence-corrected chi connectivity index (χ3v) is 5.19. The van der Waals surface area contributed by atoms with Crippen LogP contribution in [0.4, 0.5) is 0 Å². The Morgan fingerprint density at radius 1 is 0.963 bits per heavy atom. The van der Waals surface area contributed by atoms with E-state index >= 15 is 0 Å². The summed E-state index contributed by atoms with van der Waals surface area (Å²) >= 11 is 0. The number of Topliss-reactive ketones (excluding diaryl/α,β-unsaturated/α-hetero) is 1. The minimum Gasteiger partial charge on any atom is -0.426 e. The molecule has 4 rings (SSSR count). The summed E-state index contributed by atoms with van der Waals surface area (Å²) in [5.74, 6) is -0.0907. The van der Waals surface area contributed by atoms with Crippen LogP contribution in [0.1, 0.15) is 30.9 Å². The van der Waals surface area contributed by atoms with Crippen LogP contribution in [0, 0.1) is 0 Å². The van der Waals surface area contributed by atoms with Crippen molar-refractivity contribution < 1.29 is 14.3 Å². The number of ether oxygens (including phenoxy) is 1. The summed E-state index contributed by atoms with van der Waals surface area (Å²) in [5, 5.41) is 0. The standard InChI is InChI=1S/C24H20O3/c1-17(25)27-21-15-9-8-10-18-16-24(23(26)22(18)21,19-11-4-2-5-12-19)20-13-6-3-7-14-20/h2-7,9-15H,8,16H2,1H3. The quantitative estimate of drug-likeness (QED) is 0.752. The van der Waals surface area contributed by atoms with Gasteiger partial charge in [0.1, 0.15) is 5.76 Å². The maximum absolute atomic E-state index is 13.9. The van der Waals surface area contributed by atoms with E-state index in [1.807, 2.05) is 66.7 Å². The lowest BCUT2D eigenvalue weighted by Crippen LogP contribution is -2.33. The molecule has 3 nitrogen and oxygen atoms in total. The maximum Gasteiger partial charge on any atom is 0.308 e. The lowest BCUT2D eigenvalue weighted by atomic mass is 9.72. The molecular weight excluding hydrogens is 336 g/mol. The van der Waals surface area contributed by atoms with Crippen LogP contribution in [0.2, 0.25) is 0 Å². The number of benzene rings is 2. The highest BCUT2D eigenvalue weighted by atomic mass is 16.5. The highest BCUT2D eigenvalue weighted by molar-refractivity contribution is 6.13. The van der Waals surface area contributed by atoms with E-state index in [2.05, 4.69) is 6.08 Å². The second-order valence-electron chi connectivity index (χ2n) is 6.84. The van der Waals surface area contributed by atoms with Crippen molar-refractivity contribution in [2.45, 2.75) is 25.2 Å². The van der Waals surface area contributed by atoms with Gasteiger partial charge in [-0.1, -0.05) is 72.8 Å². The molecule has 27 heavy (non-hydrogen) atoms. The van der Waals surface area contributed by atoms with Crippen LogP contribution in [-0.4, -0.2) is 11.8 Å². The third-order valence-electron chi connectivity index (χ3n) is 5.19. The number of fused-ring (bicyclic) bond motifs is 1. The summed E-state index contributed by atoms with van der Waals surface area (Å²) in [7, 11) is 0. The highest BCUT2D eigenvalue weighted by Crippen LogP contribution is 2.50. The van der Waals surface area contributed by atoms with Crippen LogP contribution in [0.5, 0.6) is 0 Å². The van der Waals surface area contributed by atoms with Crippen molar-refractivity contribution in [1.82, 2.24) is 0 Å². The lowest BCUT2D eigenvalue weighted by molar-refractivity contribution is -0.136. The molecule has 0 saturated heterocycles. The van der Waals surface area contributed by atoms with Gasteiger partial charge in [-0.15, -0.1) is 0 Å². The molecule has 0 spiro atoms. The maximum atomic E-state index is 13.9. The number of carbonyl (C=O) groups excluding carboxylic acids is 2. The van der Waals surface area contributed by atoms with Gasteiger partial charge in [0.15, 0.2) is 5.78 Å². The Labute approximate surface area is 158 Å². The first kappa shape index (κ1) is 17.2. The first-order valence-electron chi connectivity index (χ1n) is 9.07. The first-order chi connectivity index (χ1) is 13.1. The summed E-state index contributed by atoms with van der Waals surface area (Å²) in [4.78, 5) is 25.5. The molecule has 0 radical (unpaired) electrons. The molecule has 2 aliphatic carbocycles. The molecule has 2 aliphatic rings. The second kappa shape index (κ2) is 6.84. The number of rotatable bonds is 3. The van der Waals surface area contributed by atoms with Crippen LogP contribution < -0.4 is 0 Å². The SMILES string of the molecule is CC(=O)OC1=C2C(=O)C(c3ccccc3)(c3ccccc3)CC2=CCC=C1. The predicted octanol–water partition coefficient (Wildman–Crippen LogP) is 4.65. The van der Waals surface area contributed by atoms with E-state index in [9.17, 15) is 9.59 Å². The van der Waals surface area contributed by atoms with Crippen LogP contribution in [0.3, 0.4) is 0 Å². The summed E-state index contributed by atoms with van der Waals surface area (Å²) in [5.41, 5.74) is 2.56. The van der Waals surface area contributed by atoms with Gasteiger partial charge < -0.3 is 4.74 Å². The molecule has 1 saturated carbocycles. The smallest absolute Gasteiger partial charge is 0.308 e. The number of esters is 1.